The summed E-state index contributed by atoms with van der Waals surface area (Å²) in [6.07, 6.45) is 0. The zero-order valence-corrected chi connectivity index (χ0v) is 20.6. The van der Waals surface area contributed by atoms with Crippen LogP contribution in [0, 0.1) is 0 Å². The van der Waals surface area contributed by atoms with Gasteiger partial charge in [-0.25, -0.2) is 0 Å². The minimum atomic E-state index is -4.78. The summed E-state index contributed by atoms with van der Waals surface area (Å²) < 4.78 is 25.4. The van der Waals surface area contributed by atoms with Gasteiger partial charge < -0.3 is 14.0 Å². The highest BCUT2D eigenvalue weighted by atomic mass is 35.5. The predicted molar refractivity (Wildman–Crippen MR) is 128 cm³/mol. The van der Waals surface area contributed by atoms with E-state index >= 15 is 0 Å². The van der Waals surface area contributed by atoms with Crippen molar-refractivity contribution in [2.75, 3.05) is 14.2 Å². The van der Waals surface area contributed by atoms with Crippen molar-refractivity contribution in [3.8, 4) is 11.5 Å². The topological polar surface area (TPSA) is 69.7 Å². The van der Waals surface area contributed by atoms with Gasteiger partial charge in [0.1, 0.15) is 16.8 Å². The average Bonchev–Trinajstić information content (AvgIpc) is 2.77. The van der Waals surface area contributed by atoms with Crippen LogP contribution in [0.25, 0.3) is 0 Å². The fourth-order valence-corrected chi connectivity index (χ4v) is 7.21. The first-order valence-electron chi connectivity index (χ1n) is 8.97. The normalized spacial score (nSPS) is 11.2. The van der Waals surface area contributed by atoms with Gasteiger partial charge in [0.15, 0.2) is 0 Å². The third kappa shape index (κ3) is 4.16. The van der Waals surface area contributed by atoms with Gasteiger partial charge in [-0.05, 0) is 36.4 Å². The Bertz CT molecular complexity index is 1140. The molecule has 0 N–H and O–H groups in total. The van der Waals surface area contributed by atoms with Gasteiger partial charge in [0, 0.05) is 0 Å². The van der Waals surface area contributed by atoms with Crippen molar-refractivity contribution < 1.29 is 23.6 Å². The van der Waals surface area contributed by atoms with Crippen LogP contribution in [-0.2, 0) is 4.57 Å². The van der Waals surface area contributed by atoms with Crippen molar-refractivity contribution in [1.29, 1.82) is 0 Å². The number of ether oxygens (including phenoxy) is 2. The molecule has 32 heavy (non-hydrogen) atoms. The van der Waals surface area contributed by atoms with Crippen molar-refractivity contribution >= 4 is 69.9 Å². The number of rotatable bonds is 7. The van der Waals surface area contributed by atoms with Crippen molar-refractivity contribution in [2.45, 2.75) is 0 Å². The van der Waals surface area contributed by atoms with E-state index in [1.807, 2.05) is 0 Å². The molecule has 0 spiro atoms. The highest BCUT2D eigenvalue weighted by Crippen LogP contribution is 2.57. The molecule has 3 aromatic carbocycles. The Morgan fingerprint density at radius 3 is 1.28 bits per heavy atom. The second kappa shape index (κ2) is 9.86. The molecule has 0 atom stereocenters. The van der Waals surface area contributed by atoms with Gasteiger partial charge in [-0.15, -0.1) is 0 Å². The summed E-state index contributed by atoms with van der Waals surface area (Å²) in [6.45, 7) is 0. The van der Waals surface area contributed by atoms with Gasteiger partial charge in [0.05, 0.1) is 45.4 Å². The first-order chi connectivity index (χ1) is 15.2. The lowest BCUT2D eigenvalue weighted by molar-refractivity contribution is 0.104. The lowest BCUT2D eigenvalue weighted by Crippen LogP contribution is -2.24. The zero-order chi connectivity index (χ0) is 23.6. The third-order valence-electron chi connectivity index (χ3n) is 4.64. The fraction of sp³-hybridized carbons (Fsp3) is 0.0909. The smallest absolute Gasteiger partial charge is 0.256 e. The molecule has 0 aromatic heterocycles. The number of carbonyl (C=O) groups excluding carboxylic acids is 2. The molecule has 0 unspecified atom stereocenters. The summed E-state index contributed by atoms with van der Waals surface area (Å²) in [5.41, 5.74) is -2.75. The van der Waals surface area contributed by atoms with E-state index in [-0.39, 0.29) is 48.0 Å². The molecule has 0 radical (unpaired) electrons. The standard InChI is InChI=1S/C22H15Cl4O5P/c1-30-16-10-5-11-17(31-2)20(16)32(29,21(27)18-12(23)6-3-7-13(18)24)22(28)19-14(25)8-4-9-15(19)26/h3-11H,1-2H3. The molecular formula is C22H15Cl4O5P. The first kappa shape index (κ1) is 24.6. The fourth-order valence-electron chi connectivity index (χ4n) is 3.16. The first-order valence-corrected chi connectivity index (χ1v) is 12.2. The van der Waals surface area contributed by atoms with E-state index in [0.29, 0.717) is 0 Å². The molecule has 0 heterocycles. The van der Waals surface area contributed by atoms with Crippen molar-refractivity contribution in [3.05, 3.63) is 85.8 Å². The minimum absolute atomic E-state index is 0.000681. The van der Waals surface area contributed by atoms with E-state index < -0.39 is 18.2 Å². The van der Waals surface area contributed by atoms with E-state index in [0.717, 1.165) is 0 Å². The Labute approximate surface area is 204 Å². The Balaban J connectivity index is 2.45. The number of halogens is 4. The van der Waals surface area contributed by atoms with Crippen LogP contribution in [-0.4, -0.2) is 25.3 Å². The molecule has 0 amide bonds. The third-order valence-corrected chi connectivity index (χ3v) is 8.56. The Kier molecular flexibility index (Phi) is 7.59. The lowest BCUT2D eigenvalue weighted by atomic mass is 10.2. The number of carbonyl (C=O) groups is 2. The summed E-state index contributed by atoms with van der Waals surface area (Å²) in [6, 6.07) is 13.1. The minimum Gasteiger partial charge on any atom is -0.496 e. The highest BCUT2D eigenvalue weighted by Gasteiger charge is 2.49. The maximum atomic E-state index is 14.7. The van der Waals surface area contributed by atoms with Crippen molar-refractivity contribution in [3.63, 3.8) is 0 Å². The van der Waals surface area contributed by atoms with Crippen molar-refractivity contribution in [1.82, 2.24) is 0 Å². The number of hydrogen-bond acceptors (Lipinski definition) is 5. The quantitative estimate of drug-likeness (QED) is 0.307. The summed E-state index contributed by atoms with van der Waals surface area (Å²) in [5, 5.41) is -0.541. The monoisotopic (exact) mass is 530 g/mol. The van der Waals surface area contributed by atoms with Crippen LogP contribution < -0.4 is 14.8 Å². The molecule has 0 saturated carbocycles. The molecule has 0 fully saturated rings. The predicted octanol–water partition coefficient (Wildman–Crippen LogP) is 6.99. The molecule has 0 saturated heterocycles. The zero-order valence-electron chi connectivity index (χ0n) is 16.7. The Morgan fingerprint density at radius 1 is 0.656 bits per heavy atom. The molecule has 166 valence electrons. The van der Waals surface area contributed by atoms with Crippen LogP contribution in [0.1, 0.15) is 20.7 Å². The van der Waals surface area contributed by atoms with Gasteiger partial charge in [-0.3, -0.25) is 9.59 Å². The van der Waals surface area contributed by atoms with Crippen LogP contribution in [0.15, 0.2) is 54.6 Å². The Hall–Kier alpha value is -2.01. The van der Waals surface area contributed by atoms with E-state index in [9.17, 15) is 14.2 Å². The molecule has 0 aliphatic heterocycles. The van der Waals surface area contributed by atoms with Gasteiger partial charge in [-0.2, -0.15) is 0 Å². The second-order valence-electron chi connectivity index (χ2n) is 6.42. The van der Waals surface area contributed by atoms with Gasteiger partial charge >= 0.3 is 0 Å². The van der Waals surface area contributed by atoms with Gasteiger partial charge in [-0.1, -0.05) is 64.6 Å². The van der Waals surface area contributed by atoms with Crippen LogP contribution >= 0.6 is 53.5 Å². The van der Waals surface area contributed by atoms with E-state index in [4.69, 9.17) is 55.9 Å². The number of methoxy groups -OCH3 is 2. The maximum absolute atomic E-state index is 14.7. The van der Waals surface area contributed by atoms with Crippen LogP contribution in [0.4, 0.5) is 0 Å². The average molecular weight is 532 g/mol. The summed E-state index contributed by atoms with van der Waals surface area (Å²) in [7, 11) is -2.16. The summed E-state index contributed by atoms with van der Waals surface area (Å²) in [4.78, 5) is 27.7. The molecule has 0 aliphatic rings. The van der Waals surface area contributed by atoms with Crippen LogP contribution in [0.5, 0.6) is 11.5 Å². The maximum Gasteiger partial charge on any atom is 0.256 e. The molecule has 10 heteroatoms. The van der Waals surface area contributed by atoms with Crippen LogP contribution in [0.2, 0.25) is 20.1 Å². The highest BCUT2D eigenvalue weighted by molar-refractivity contribution is 8.01. The van der Waals surface area contributed by atoms with Gasteiger partial charge in [0.2, 0.25) is 11.0 Å². The van der Waals surface area contributed by atoms with Crippen molar-refractivity contribution in [2.24, 2.45) is 0 Å². The summed E-state index contributed by atoms with van der Waals surface area (Å²) in [5.74, 6) is 0.00136. The van der Waals surface area contributed by atoms with E-state index in [1.54, 1.807) is 6.07 Å². The lowest BCUT2D eigenvalue weighted by Gasteiger charge is -2.22. The van der Waals surface area contributed by atoms with Crippen LogP contribution in [0.3, 0.4) is 0 Å². The molecule has 5 nitrogen and oxygen atoms in total. The molecular weight excluding hydrogens is 517 g/mol. The molecule has 0 aliphatic carbocycles. The number of hydrogen-bond donors (Lipinski definition) is 0. The van der Waals surface area contributed by atoms with E-state index in [2.05, 4.69) is 0 Å². The second-order valence-corrected chi connectivity index (χ2v) is 10.5. The van der Waals surface area contributed by atoms with E-state index in [1.165, 1.54) is 62.8 Å². The summed E-state index contributed by atoms with van der Waals surface area (Å²) >= 11 is 24.9. The Morgan fingerprint density at radius 2 is 0.969 bits per heavy atom. The largest absolute Gasteiger partial charge is 0.496 e. The molecule has 3 aromatic rings. The SMILES string of the molecule is COc1cccc(OC)c1P(=O)(C(=O)c1c(Cl)cccc1Cl)C(=O)c1c(Cl)cccc1Cl. The van der Waals surface area contributed by atoms with Gasteiger partial charge in [0.25, 0.3) is 7.14 Å². The number of benzene rings is 3. The molecule has 0 bridgehead atoms. The molecule has 3 rings (SSSR count).